The predicted molar refractivity (Wildman–Crippen MR) is 121 cm³/mol. The lowest BCUT2D eigenvalue weighted by atomic mass is 9.83. The molecular formula is C21H22Br2N2O7. The maximum atomic E-state index is 12.8. The molecule has 1 aromatic rings. The van der Waals surface area contributed by atoms with E-state index in [0.29, 0.717) is 21.1 Å². The van der Waals surface area contributed by atoms with Crippen molar-refractivity contribution >= 4 is 43.8 Å². The molecule has 32 heavy (non-hydrogen) atoms. The number of allylic oxidation sites excluding steroid dienone is 2. The summed E-state index contributed by atoms with van der Waals surface area (Å²) in [7, 11) is 1.25. The topological polar surface area (TPSA) is 130 Å². The lowest BCUT2D eigenvalue weighted by molar-refractivity contribution is -0.143. The number of benzene rings is 1. The van der Waals surface area contributed by atoms with Crippen LogP contribution in [0.1, 0.15) is 32.3 Å². The number of rotatable bonds is 8. The van der Waals surface area contributed by atoms with Gasteiger partial charge in [-0.1, -0.05) is 0 Å². The molecule has 2 N–H and O–H groups in total. The van der Waals surface area contributed by atoms with Gasteiger partial charge in [0.1, 0.15) is 17.4 Å². The van der Waals surface area contributed by atoms with Gasteiger partial charge in [-0.3, -0.25) is 0 Å². The van der Waals surface area contributed by atoms with E-state index < -0.39 is 17.9 Å². The Hall–Kier alpha value is -2.71. The fourth-order valence-electron chi connectivity index (χ4n) is 3.07. The number of halogens is 2. The van der Waals surface area contributed by atoms with Crippen molar-refractivity contribution in [3.63, 3.8) is 0 Å². The summed E-state index contributed by atoms with van der Waals surface area (Å²) < 4.78 is 27.4. The summed E-state index contributed by atoms with van der Waals surface area (Å²) in [6.07, 6.45) is 0. The fourth-order valence-corrected chi connectivity index (χ4v) is 4.13. The highest BCUT2D eigenvalue weighted by Crippen LogP contribution is 2.49. The van der Waals surface area contributed by atoms with Crippen LogP contribution in [0, 0.1) is 11.3 Å². The van der Waals surface area contributed by atoms with Crippen LogP contribution in [0.4, 0.5) is 0 Å². The molecule has 172 valence electrons. The summed E-state index contributed by atoms with van der Waals surface area (Å²) in [5.41, 5.74) is 6.63. The van der Waals surface area contributed by atoms with E-state index in [1.807, 2.05) is 6.07 Å². The second-order valence-electron chi connectivity index (χ2n) is 6.33. The molecule has 0 spiro atoms. The van der Waals surface area contributed by atoms with Gasteiger partial charge >= 0.3 is 11.9 Å². The molecule has 0 saturated carbocycles. The van der Waals surface area contributed by atoms with Gasteiger partial charge in [0.15, 0.2) is 18.1 Å². The van der Waals surface area contributed by atoms with Gasteiger partial charge in [0.05, 0.1) is 36.3 Å². The van der Waals surface area contributed by atoms with Crippen LogP contribution in [0.2, 0.25) is 0 Å². The Bertz CT molecular complexity index is 1030. The quantitative estimate of drug-likeness (QED) is 0.461. The van der Waals surface area contributed by atoms with Crippen LogP contribution in [-0.2, 0) is 23.8 Å². The van der Waals surface area contributed by atoms with E-state index in [1.165, 1.54) is 7.11 Å². The summed E-state index contributed by atoms with van der Waals surface area (Å²) in [4.78, 5) is 24.3. The molecule has 0 amide bonds. The Morgan fingerprint density at radius 2 is 1.91 bits per heavy atom. The molecule has 0 aromatic heterocycles. The molecule has 0 saturated heterocycles. The van der Waals surface area contributed by atoms with E-state index >= 15 is 0 Å². The van der Waals surface area contributed by atoms with Gasteiger partial charge in [-0.2, -0.15) is 5.26 Å². The van der Waals surface area contributed by atoms with Crippen molar-refractivity contribution in [1.29, 1.82) is 5.26 Å². The molecule has 0 fully saturated rings. The molecule has 11 heteroatoms. The molecular weight excluding hydrogens is 552 g/mol. The summed E-state index contributed by atoms with van der Waals surface area (Å²) in [6.45, 7) is 5.11. The highest BCUT2D eigenvalue weighted by Gasteiger charge is 2.38. The number of carbonyl (C=O) groups excluding carboxylic acids is 2. The van der Waals surface area contributed by atoms with Crippen molar-refractivity contribution in [3.8, 4) is 17.6 Å². The number of hydrogen-bond acceptors (Lipinski definition) is 9. The smallest absolute Gasteiger partial charge is 0.343 e. The number of nitrogens with two attached hydrogens (primary N) is 1. The largest absolute Gasteiger partial charge is 0.490 e. The Kier molecular flexibility index (Phi) is 8.98. The highest BCUT2D eigenvalue weighted by molar-refractivity contribution is 9.13. The first-order chi connectivity index (χ1) is 15.2. The van der Waals surface area contributed by atoms with Crippen LogP contribution in [0.25, 0.3) is 0 Å². The van der Waals surface area contributed by atoms with Gasteiger partial charge < -0.3 is 29.4 Å². The first kappa shape index (κ1) is 25.5. The Morgan fingerprint density at radius 1 is 1.22 bits per heavy atom. The van der Waals surface area contributed by atoms with E-state index in [0.717, 1.165) is 0 Å². The Labute approximate surface area is 202 Å². The first-order valence-corrected chi connectivity index (χ1v) is 11.1. The minimum absolute atomic E-state index is 0.0388. The number of carbonyl (C=O) groups is 2. The molecule has 1 unspecified atom stereocenters. The summed E-state index contributed by atoms with van der Waals surface area (Å²) in [5, 5.41) is 9.79. The van der Waals surface area contributed by atoms with Crippen molar-refractivity contribution < 1.29 is 33.3 Å². The summed E-state index contributed by atoms with van der Waals surface area (Å²) >= 11 is 6.95. The third-order valence-corrected chi connectivity index (χ3v) is 6.57. The molecule has 1 atom stereocenters. The number of hydrogen-bond donors (Lipinski definition) is 1. The molecule has 2 rings (SSSR count). The van der Waals surface area contributed by atoms with Gasteiger partial charge in [0.2, 0.25) is 5.88 Å². The van der Waals surface area contributed by atoms with Crippen LogP contribution in [-0.4, -0.2) is 38.9 Å². The number of nitriles is 1. The van der Waals surface area contributed by atoms with E-state index in [9.17, 15) is 14.9 Å². The zero-order chi connectivity index (χ0) is 24.0. The molecule has 0 bridgehead atoms. The lowest BCUT2D eigenvalue weighted by Gasteiger charge is -2.28. The van der Waals surface area contributed by atoms with Crippen molar-refractivity contribution in [2.24, 2.45) is 5.73 Å². The zero-order valence-corrected chi connectivity index (χ0v) is 21.1. The molecule has 1 aliphatic heterocycles. The predicted octanol–water partition coefficient (Wildman–Crippen LogP) is 3.81. The van der Waals surface area contributed by atoms with Crippen LogP contribution in [0.3, 0.4) is 0 Å². The van der Waals surface area contributed by atoms with E-state index in [4.69, 9.17) is 24.7 Å². The van der Waals surface area contributed by atoms with Gasteiger partial charge in [-0.15, -0.1) is 0 Å². The normalized spacial score (nSPS) is 15.6. The van der Waals surface area contributed by atoms with Crippen molar-refractivity contribution in [2.75, 3.05) is 26.9 Å². The van der Waals surface area contributed by atoms with E-state index in [1.54, 1.807) is 26.8 Å². The fraction of sp³-hybridized carbons (Fsp3) is 0.381. The van der Waals surface area contributed by atoms with Gasteiger partial charge in [-0.05, 0) is 64.3 Å². The van der Waals surface area contributed by atoms with Crippen LogP contribution < -0.4 is 15.2 Å². The van der Waals surface area contributed by atoms with Gasteiger partial charge in [-0.25, -0.2) is 9.59 Å². The Balaban J connectivity index is 2.73. The van der Waals surface area contributed by atoms with Crippen molar-refractivity contribution in [3.05, 3.63) is 43.4 Å². The number of nitrogens with zero attached hydrogens (tertiary/aromatic N) is 1. The average molecular weight is 574 g/mol. The zero-order valence-electron chi connectivity index (χ0n) is 17.9. The highest BCUT2D eigenvalue weighted by atomic mass is 79.9. The minimum Gasteiger partial charge on any atom is -0.490 e. The van der Waals surface area contributed by atoms with Crippen LogP contribution >= 0.6 is 31.9 Å². The van der Waals surface area contributed by atoms with Crippen LogP contribution in [0.15, 0.2) is 37.8 Å². The SMILES string of the molecule is CCOC(=O)C1=C(C)OC(N)=C(C#N)C1c1cc(OCC)c(OCC(=O)OC)c(Br)c1Br. The molecule has 1 heterocycles. The standard InChI is InChI=1S/C21H22Br2N2O7/c1-5-29-13-7-11(17(22)18(23)19(13)31-9-14(26)28-4)16-12(8-24)20(25)32-10(3)15(16)21(27)30-6-2/h7,16H,5-6,9,25H2,1-4H3. The number of esters is 2. The summed E-state index contributed by atoms with van der Waals surface area (Å²) in [5.74, 6) is -1.48. The average Bonchev–Trinajstić information content (AvgIpc) is 2.75. The molecule has 9 nitrogen and oxygen atoms in total. The molecule has 1 aromatic carbocycles. The number of ether oxygens (including phenoxy) is 5. The maximum absolute atomic E-state index is 12.8. The third kappa shape index (κ3) is 5.19. The molecule has 0 aliphatic carbocycles. The van der Waals surface area contributed by atoms with Gasteiger partial charge in [0, 0.05) is 4.47 Å². The van der Waals surface area contributed by atoms with E-state index in [2.05, 4.69) is 36.6 Å². The van der Waals surface area contributed by atoms with Crippen molar-refractivity contribution in [2.45, 2.75) is 26.7 Å². The number of methoxy groups -OCH3 is 1. The monoisotopic (exact) mass is 572 g/mol. The van der Waals surface area contributed by atoms with E-state index in [-0.39, 0.29) is 47.5 Å². The molecule has 1 aliphatic rings. The van der Waals surface area contributed by atoms with Crippen LogP contribution in [0.5, 0.6) is 11.5 Å². The Morgan fingerprint density at radius 3 is 2.47 bits per heavy atom. The maximum Gasteiger partial charge on any atom is 0.343 e. The minimum atomic E-state index is -0.896. The first-order valence-electron chi connectivity index (χ1n) is 9.51. The second kappa shape index (κ2) is 11.2. The lowest BCUT2D eigenvalue weighted by Crippen LogP contribution is -2.26. The van der Waals surface area contributed by atoms with Gasteiger partial charge in [0.25, 0.3) is 0 Å². The van der Waals surface area contributed by atoms with Crippen molar-refractivity contribution in [1.82, 2.24) is 0 Å². The second-order valence-corrected chi connectivity index (χ2v) is 7.92. The third-order valence-electron chi connectivity index (χ3n) is 4.43. The summed E-state index contributed by atoms with van der Waals surface area (Å²) in [6, 6.07) is 3.64. The molecule has 0 radical (unpaired) electrons.